The lowest BCUT2D eigenvalue weighted by molar-refractivity contribution is -0.130. The van der Waals surface area contributed by atoms with Crippen LogP contribution in [0.4, 0.5) is 0 Å². The lowest BCUT2D eigenvalue weighted by Gasteiger charge is -2.37. The minimum atomic E-state index is 0. The van der Waals surface area contributed by atoms with Gasteiger partial charge in [0.05, 0.1) is 0 Å². The summed E-state index contributed by atoms with van der Waals surface area (Å²) in [6, 6.07) is 2.12. The monoisotopic (exact) mass is 534 g/mol. The number of fused-ring (bicyclic) bond motifs is 1. The van der Waals surface area contributed by atoms with E-state index in [2.05, 4.69) is 27.1 Å². The first kappa shape index (κ1) is 24.4. The largest absolute Gasteiger partial charge is 0.396 e. The van der Waals surface area contributed by atoms with E-state index in [1.807, 2.05) is 11.8 Å². The third-order valence-corrected chi connectivity index (χ3v) is 7.09. The molecule has 164 valence electrons. The van der Waals surface area contributed by atoms with Gasteiger partial charge in [0.2, 0.25) is 5.91 Å². The highest BCUT2D eigenvalue weighted by molar-refractivity contribution is 14.0. The van der Waals surface area contributed by atoms with E-state index in [1.54, 1.807) is 11.3 Å². The van der Waals surface area contributed by atoms with Gasteiger partial charge in [0.25, 0.3) is 0 Å². The fourth-order valence-electron chi connectivity index (χ4n) is 4.38. The van der Waals surface area contributed by atoms with Crippen molar-refractivity contribution in [3.63, 3.8) is 0 Å². The van der Waals surface area contributed by atoms with E-state index < -0.39 is 0 Å². The number of thiophene rings is 1. The fourth-order valence-corrected chi connectivity index (χ4v) is 5.26. The average Bonchev–Trinajstić information content (AvgIpc) is 3.18. The van der Waals surface area contributed by atoms with Gasteiger partial charge in [-0.05, 0) is 55.0 Å². The van der Waals surface area contributed by atoms with Crippen LogP contribution in [0.2, 0.25) is 0 Å². The topological polar surface area (TPSA) is 77.0 Å². The van der Waals surface area contributed by atoms with Crippen molar-refractivity contribution in [2.45, 2.75) is 58.4 Å². The molecule has 2 aliphatic rings. The summed E-state index contributed by atoms with van der Waals surface area (Å²) in [5, 5.41) is 18.3. The second-order valence-electron chi connectivity index (χ2n) is 8.02. The van der Waals surface area contributed by atoms with E-state index in [0.717, 1.165) is 45.3 Å². The van der Waals surface area contributed by atoms with E-state index in [1.165, 1.54) is 29.7 Å². The van der Waals surface area contributed by atoms with E-state index in [4.69, 9.17) is 0 Å². The highest BCUT2D eigenvalue weighted by Crippen LogP contribution is 2.38. The molecular weight excluding hydrogens is 499 g/mol. The van der Waals surface area contributed by atoms with Crippen LogP contribution < -0.4 is 10.6 Å². The molecule has 3 N–H and O–H groups in total. The molecule has 1 aromatic heterocycles. The molecule has 1 amide bonds. The summed E-state index contributed by atoms with van der Waals surface area (Å²) >= 11 is 1.78. The molecule has 0 spiro atoms. The number of aliphatic hydroxyl groups excluding tert-OH is 1. The Morgan fingerprint density at radius 2 is 2.10 bits per heavy atom. The number of guanidine groups is 1. The van der Waals surface area contributed by atoms with Crippen molar-refractivity contribution in [3.8, 4) is 0 Å². The number of rotatable bonds is 7. The highest BCUT2D eigenvalue weighted by atomic mass is 127. The Labute approximate surface area is 195 Å². The van der Waals surface area contributed by atoms with Crippen molar-refractivity contribution in [2.75, 3.05) is 32.8 Å². The molecule has 8 heteroatoms. The molecule has 0 atom stereocenters. The van der Waals surface area contributed by atoms with Crippen molar-refractivity contribution >= 4 is 47.2 Å². The van der Waals surface area contributed by atoms with Gasteiger partial charge >= 0.3 is 0 Å². The standard InChI is InChI=1S/C21H34N4O2S.HI/c1-2-22-20(24-16-21(10-12-26)8-4-3-5-9-21)23-14-19(27)25-11-6-18-17(15-25)7-13-28-18;/h7,13,26H,2-6,8-12,14-16H2,1H3,(H2,22,23,24);1H. The summed E-state index contributed by atoms with van der Waals surface area (Å²) in [5.41, 5.74) is 1.43. The quantitative estimate of drug-likeness (QED) is 0.286. The molecule has 0 aromatic carbocycles. The smallest absolute Gasteiger partial charge is 0.244 e. The molecule has 3 rings (SSSR count). The second kappa shape index (κ2) is 12.1. The number of amides is 1. The number of aliphatic hydroxyl groups is 1. The van der Waals surface area contributed by atoms with Gasteiger partial charge in [-0.2, -0.15) is 0 Å². The minimum absolute atomic E-state index is 0. The molecule has 0 saturated heterocycles. The maximum absolute atomic E-state index is 12.6. The van der Waals surface area contributed by atoms with Gasteiger partial charge in [0, 0.05) is 37.7 Å². The Bertz CT molecular complexity index is 668. The Kier molecular flexibility index (Phi) is 10.2. The molecule has 0 bridgehead atoms. The van der Waals surface area contributed by atoms with Gasteiger partial charge in [-0.15, -0.1) is 35.3 Å². The number of nitrogens with one attached hydrogen (secondary N) is 2. The third kappa shape index (κ3) is 6.82. The number of carbonyl (C=O) groups excluding carboxylic acids is 1. The predicted molar refractivity (Wildman–Crippen MR) is 130 cm³/mol. The molecule has 1 fully saturated rings. The lowest BCUT2D eigenvalue weighted by atomic mass is 9.72. The number of halogens is 1. The summed E-state index contributed by atoms with van der Waals surface area (Å²) < 4.78 is 0. The molecule has 6 nitrogen and oxygen atoms in total. The first-order valence-corrected chi connectivity index (χ1v) is 11.5. The Morgan fingerprint density at radius 1 is 1.31 bits per heavy atom. The number of hydrogen-bond acceptors (Lipinski definition) is 4. The van der Waals surface area contributed by atoms with Crippen LogP contribution in [-0.4, -0.2) is 54.7 Å². The molecule has 2 heterocycles. The molecule has 1 saturated carbocycles. The maximum atomic E-state index is 12.6. The van der Waals surface area contributed by atoms with Crippen molar-refractivity contribution in [3.05, 3.63) is 21.9 Å². The zero-order valence-electron chi connectivity index (χ0n) is 17.4. The number of nitrogens with zero attached hydrogens (tertiary/aromatic N) is 2. The van der Waals surface area contributed by atoms with Crippen LogP contribution in [0, 0.1) is 5.41 Å². The van der Waals surface area contributed by atoms with E-state index >= 15 is 0 Å². The second-order valence-corrected chi connectivity index (χ2v) is 9.02. The third-order valence-electron chi connectivity index (χ3n) is 6.06. The van der Waals surface area contributed by atoms with Crippen LogP contribution >= 0.6 is 35.3 Å². The van der Waals surface area contributed by atoms with E-state index in [9.17, 15) is 9.90 Å². The summed E-state index contributed by atoms with van der Waals surface area (Å²) in [4.78, 5) is 20.5. The summed E-state index contributed by atoms with van der Waals surface area (Å²) in [7, 11) is 0. The van der Waals surface area contributed by atoms with Gasteiger partial charge in [-0.3, -0.25) is 4.79 Å². The summed E-state index contributed by atoms with van der Waals surface area (Å²) in [5.74, 6) is 0.781. The number of hydrogen-bond donors (Lipinski definition) is 3. The van der Waals surface area contributed by atoms with Gasteiger partial charge in [0.15, 0.2) is 5.96 Å². The van der Waals surface area contributed by atoms with Crippen molar-refractivity contribution in [1.82, 2.24) is 15.5 Å². The van der Waals surface area contributed by atoms with Crippen molar-refractivity contribution < 1.29 is 9.90 Å². The average molecular weight is 535 g/mol. The zero-order valence-corrected chi connectivity index (χ0v) is 20.6. The molecule has 1 aliphatic carbocycles. The van der Waals surface area contributed by atoms with Crippen LogP contribution in [0.5, 0.6) is 0 Å². The van der Waals surface area contributed by atoms with Crippen LogP contribution in [0.15, 0.2) is 16.4 Å². The van der Waals surface area contributed by atoms with Crippen LogP contribution in [0.25, 0.3) is 0 Å². The highest BCUT2D eigenvalue weighted by Gasteiger charge is 2.31. The van der Waals surface area contributed by atoms with Gasteiger partial charge in [-0.1, -0.05) is 19.3 Å². The van der Waals surface area contributed by atoms with Crippen LogP contribution in [-0.2, 0) is 17.8 Å². The Balaban J connectivity index is 0.00000300. The normalized spacial score (nSPS) is 18.6. The van der Waals surface area contributed by atoms with E-state index in [0.29, 0.717) is 12.5 Å². The first-order valence-electron chi connectivity index (χ1n) is 10.6. The van der Waals surface area contributed by atoms with Crippen LogP contribution in [0.3, 0.4) is 0 Å². The lowest BCUT2D eigenvalue weighted by Crippen LogP contribution is -2.45. The van der Waals surface area contributed by atoms with E-state index in [-0.39, 0.29) is 48.5 Å². The maximum Gasteiger partial charge on any atom is 0.244 e. The summed E-state index contributed by atoms with van der Waals surface area (Å²) in [6.45, 7) is 5.48. The van der Waals surface area contributed by atoms with Gasteiger partial charge < -0.3 is 20.6 Å². The zero-order chi connectivity index (χ0) is 19.8. The molecule has 29 heavy (non-hydrogen) atoms. The molecule has 1 aromatic rings. The molecule has 0 radical (unpaired) electrons. The Morgan fingerprint density at radius 3 is 2.83 bits per heavy atom. The Hall–Kier alpha value is -0.870. The predicted octanol–water partition coefficient (Wildman–Crippen LogP) is 3.14. The number of aliphatic imine (C=N–C) groups is 1. The molecule has 1 aliphatic heterocycles. The molecular formula is C21H35IN4O2S. The van der Waals surface area contributed by atoms with Crippen LogP contribution in [0.1, 0.15) is 55.9 Å². The number of carbonyl (C=O) groups is 1. The van der Waals surface area contributed by atoms with Gasteiger partial charge in [-0.25, -0.2) is 4.99 Å². The SMILES string of the molecule is CCNC(=NCC(=O)N1CCc2sccc2C1)NCC1(CCO)CCCCC1.I. The first-order chi connectivity index (χ1) is 13.7. The minimum Gasteiger partial charge on any atom is -0.396 e. The molecule has 0 unspecified atom stereocenters. The van der Waals surface area contributed by atoms with Crippen molar-refractivity contribution in [1.29, 1.82) is 0 Å². The summed E-state index contributed by atoms with van der Waals surface area (Å²) in [6.07, 6.45) is 7.82. The van der Waals surface area contributed by atoms with Crippen molar-refractivity contribution in [2.24, 2.45) is 10.4 Å². The van der Waals surface area contributed by atoms with Gasteiger partial charge in [0.1, 0.15) is 6.54 Å². The fraction of sp³-hybridized carbons (Fsp3) is 0.714.